The number of aromatic nitrogens is 2. The summed E-state index contributed by atoms with van der Waals surface area (Å²) in [5.41, 5.74) is 1.91. The van der Waals surface area contributed by atoms with Gasteiger partial charge in [0.15, 0.2) is 4.96 Å². The van der Waals surface area contributed by atoms with E-state index >= 15 is 0 Å². The summed E-state index contributed by atoms with van der Waals surface area (Å²) in [7, 11) is 0. The van der Waals surface area contributed by atoms with E-state index < -0.39 is 0 Å². The van der Waals surface area contributed by atoms with E-state index in [1.807, 2.05) is 18.2 Å². The van der Waals surface area contributed by atoms with Crippen LogP contribution in [0.2, 0.25) is 5.02 Å². The Bertz CT molecular complexity index is 822. The largest absolute Gasteiger partial charge is 0.288 e. The van der Waals surface area contributed by atoms with Crippen LogP contribution in [-0.2, 0) is 6.42 Å². The molecule has 0 bridgehead atoms. The van der Waals surface area contributed by atoms with E-state index in [2.05, 4.69) is 16.3 Å². The molecule has 3 nitrogen and oxygen atoms in total. The van der Waals surface area contributed by atoms with Gasteiger partial charge in [-0.1, -0.05) is 42.7 Å². The van der Waals surface area contributed by atoms with Gasteiger partial charge in [-0.25, -0.2) is 0 Å². The van der Waals surface area contributed by atoms with Gasteiger partial charge in [0.1, 0.15) is 0 Å². The zero-order valence-corrected chi connectivity index (χ0v) is 12.8. The van der Waals surface area contributed by atoms with Gasteiger partial charge >= 0.3 is 0 Å². The van der Waals surface area contributed by atoms with Crippen LogP contribution in [0.15, 0.2) is 29.1 Å². The Hall–Kier alpha value is -1.39. The minimum absolute atomic E-state index is 0.158. The van der Waals surface area contributed by atoms with Crippen molar-refractivity contribution in [2.45, 2.75) is 32.6 Å². The second kappa shape index (κ2) is 5.54. The van der Waals surface area contributed by atoms with Crippen LogP contribution in [0.3, 0.4) is 0 Å². The molecule has 0 N–H and O–H groups in total. The fourth-order valence-electron chi connectivity index (χ4n) is 2.42. The van der Waals surface area contributed by atoms with Crippen molar-refractivity contribution >= 4 is 38.1 Å². The molecule has 0 aliphatic rings. The number of fused-ring (bicyclic) bond motifs is 3. The molecule has 5 heteroatoms. The van der Waals surface area contributed by atoms with E-state index in [1.165, 1.54) is 24.2 Å². The molecule has 1 aromatic carbocycles. The van der Waals surface area contributed by atoms with Crippen LogP contribution in [0.1, 0.15) is 31.9 Å². The highest BCUT2D eigenvalue weighted by Crippen LogP contribution is 2.28. The van der Waals surface area contributed by atoms with Gasteiger partial charge < -0.3 is 0 Å². The van der Waals surface area contributed by atoms with Crippen LogP contribution in [0.5, 0.6) is 0 Å². The van der Waals surface area contributed by atoms with Crippen molar-refractivity contribution in [1.82, 2.24) is 9.38 Å². The number of benzene rings is 1. The molecular weight excluding hydrogens is 292 g/mol. The molecule has 0 aliphatic carbocycles. The molecule has 3 rings (SSSR count). The number of rotatable bonds is 4. The lowest BCUT2D eigenvalue weighted by Gasteiger charge is -2.05. The Kier molecular flexibility index (Phi) is 3.76. The van der Waals surface area contributed by atoms with Crippen LogP contribution in [-0.4, -0.2) is 9.38 Å². The highest BCUT2D eigenvalue weighted by Gasteiger charge is 2.10. The van der Waals surface area contributed by atoms with E-state index in [4.69, 9.17) is 11.6 Å². The van der Waals surface area contributed by atoms with Crippen molar-refractivity contribution in [3.8, 4) is 0 Å². The predicted molar refractivity (Wildman–Crippen MR) is 85.1 cm³/mol. The van der Waals surface area contributed by atoms with Gasteiger partial charge in [0, 0.05) is 16.8 Å². The lowest BCUT2D eigenvalue weighted by Crippen LogP contribution is -2.10. The number of aryl methyl sites for hydroxylation is 1. The summed E-state index contributed by atoms with van der Waals surface area (Å²) in [6.07, 6.45) is 4.31. The number of thiazole rings is 1. The Balaban J connectivity index is 2.23. The molecule has 104 valence electrons. The van der Waals surface area contributed by atoms with E-state index in [0.29, 0.717) is 5.02 Å². The maximum atomic E-state index is 11.7. The van der Waals surface area contributed by atoms with Gasteiger partial charge in [-0.05, 0) is 31.0 Å². The Morgan fingerprint density at radius 2 is 2.15 bits per heavy atom. The zero-order chi connectivity index (χ0) is 14.1. The lowest BCUT2D eigenvalue weighted by atomic mass is 10.1. The normalized spacial score (nSPS) is 11.5. The smallest absolute Gasteiger partial charge is 0.274 e. The van der Waals surface area contributed by atoms with Crippen molar-refractivity contribution in [1.29, 1.82) is 0 Å². The quantitative estimate of drug-likeness (QED) is 0.674. The average Bonchev–Trinajstić information content (AvgIpc) is 2.76. The maximum absolute atomic E-state index is 11.7. The molecule has 0 saturated heterocycles. The molecule has 0 unspecified atom stereocenters. The molecule has 2 heterocycles. The first-order valence-corrected chi connectivity index (χ1v) is 7.99. The first-order valence-electron chi connectivity index (χ1n) is 6.80. The number of hydrogen-bond acceptors (Lipinski definition) is 3. The van der Waals surface area contributed by atoms with E-state index in [1.54, 1.807) is 6.07 Å². The predicted octanol–water partition coefficient (Wildman–Crippen LogP) is 4.30. The standard InChI is InChI=1S/C15H15ClN2OS/c1-2-3-4-5-11-9-14(19)17-15-18(11)12-8-10(16)6-7-13(12)20-15/h6-9H,2-5H2,1H3. The number of hydrogen-bond donors (Lipinski definition) is 0. The third-order valence-corrected chi connectivity index (χ3v) is 4.63. The highest BCUT2D eigenvalue weighted by molar-refractivity contribution is 7.23. The third-order valence-electron chi connectivity index (χ3n) is 3.37. The minimum atomic E-state index is -0.158. The second-order valence-electron chi connectivity index (χ2n) is 4.87. The average molecular weight is 307 g/mol. The third kappa shape index (κ3) is 2.45. The summed E-state index contributed by atoms with van der Waals surface area (Å²) in [6.45, 7) is 2.17. The number of nitrogens with zero attached hydrogens (tertiary/aromatic N) is 2. The highest BCUT2D eigenvalue weighted by atomic mass is 35.5. The Morgan fingerprint density at radius 3 is 2.95 bits per heavy atom. The van der Waals surface area contributed by atoms with Crippen LogP contribution in [0.25, 0.3) is 15.2 Å². The molecular formula is C15H15ClN2OS. The second-order valence-corrected chi connectivity index (χ2v) is 6.32. The van der Waals surface area contributed by atoms with Crippen LogP contribution < -0.4 is 5.56 Å². The van der Waals surface area contributed by atoms with Crippen LogP contribution in [0, 0.1) is 0 Å². The van der Waals surface area contributed by atoms with Crippen molar-refractivity contribution in [2.24, 2.45) is 0 Å². The Morgan fingerprint density at radius 1 is 1.30 bits per heavy atom. The SMILES string of the molecule is CCCCCc1cc(=O)nc2sc3ccc(Cl)cc3n12. The van der Waals surface area contributed by atoms with Crippen LogP contribution in [0.4, 0.5) is 0 Å². The topological polar surface area (TPSA) is 34.4 Å². The van der Waals surface area contributed by atoms with Gasteiger partial charge in [0.2, 0.25) is 0 Å². The molecule has 2 aromatic heterocycles. The lowest BCUT2D eigenvalue weighted by molar-refractivity contribution is 0.702. The van der Waals surface area contributed by atoms with Crippen molar-refractivity contribution in [2.75, 3.05) is 0 Å². The molecule has 0 saturated carbocycles. The summed E-state index contributed by atoms with van der Waals surface area (Å²) < 4.78 is 3.17. The summed E-state index contributed by atoms with van der Waals surface area (Å²) in [5, 5.41) is 0.704. The van der Waals surface area contributed by atoms with E-state index in [0.717, 1.165) is 33.7 Å². The number of halogens is 1. The number of unbranched alkanes of at least 4 members (excludes halogenated alkanes) is 2. The molecule has 20 heavy (non-hydrogen) atoms. The molecule has 0 atom stereocenters. The fraction of sp³-hybridized carbons (Fsp3) is 0.333. The van der Waals surface area contributed by atoms with Gasteiger partial charge in [0.05, 0.1) is 10.2 Å². The zero-order valence-electron chi connectivity index (χ0n) is 11.2. The summed E-state index contributed by atoms with van der Waals surface area (Å²) in [5.74, 6) is 0. The molecule has 0 radical (unpaired) electrons. The molecule has 0 aliphatic heterocycles. The summed E-state index contributed by atoms with van der Waals surface area (Å²) in [4.78, 5) is 16.6. The first-order chi connectivity index (χ1) is 9.69. The summed E-state index contributed by atoms with van der Waals surface area (Å²) in [6, 6.07) is 7.44. The fourth-order valence-corrected chi connectivity index (χ4v) is 3.62. The Labute approximate surface area is 125 Å². The van der Waals surface area contributed by atoms with Crippen molar-refractivity contribution in [3.63, 3.8) is 0 Å². The van der Waals surface area contributed by atoms with Crippen molar-refractivity contribution < 1.29 is 0 Å². The molecule has 0 fully saturated rings. The summed E-state index contributed by atoms with van der Waals surface area (Å²) >= 11 is 7.63. The minimum Gasteiger partial charge on any atom is -0.288 e. The van der Waals surface area contributed by atoms with Gasteiger partial charge in [-0.3, -0.25) is 9.20 Å². The molecule has 0 spiro atoms. The molecule has 0 amide bonds. The van der Waals surface area contributed by atoms with Gasteiger partial charge in [-0.15, -0.1) is 0 Å². The van der Waals surface area contributed by atoms with E-state index in [9.17, 15) is 4.79 Å². The van der Waals surface area contributed by atoms with E-state index in [-0.39, 0.29) is 5.56 Å². The first kappa shape index (κ1) is 13.6. The molecule has 3 aromatic rings. The van der Waals surface area contributed by atoms with Crippen molar-refractivity contribution in [3.05, 3.63) is 45.3 Å². The maximum Gasteiger partial charge on any atom is 0.274 e. The van der Waals surface area contributed by atoms with Gasteiger partial charge in [0.25, 0.3) is 5.56 Å². The monoisotopic (exact) mass is 306 g/mol. The van der Waals surface area contributed by atoms with Gasteiger partial charge in [-0.2, -0.15) is 4.98 Å². The van der Waals surface area contributed by atoms with Crippen LogP contribution >= 0.6 is 22.9 Å².